The van der Waals surface area contributed by atoms with Crippen LogP contribution in [0, 0.1) is 35.5 Å². The minimum absolute atomic E-state index is 0.0901. The lowest BCUT2D eigenvalue weighted by atomic mass is 9.68. The van der Waals surface area contributed by atoms with Gasteiger partial charge in [-0.1, -0.05) is 31.3 Å². The van der Waals surface area contributed by atoms with Gasteiger partial charge < -0.3 is 24.9 Å². The number of primary sulfonamides is 1. The van der Waals surface area contributed by atoms with E-state index < -0.39 is 57.5 Å². The largest absolute Gasteiger partial charge is 0.493 e. The van der Waals surface area contributed by atoms with E-state index in [-0.39, 0.29) is 51.0 Å². The Morgan fingerprint density at radius 3 is 2.36 bits per heavy atom. The number of carbonyl (C=O) groups excluding carboxylic acids is 3. The van der Waals surface area contributed by atoms with Crippen LogP contribution in [-0.2, 0) is 29.2 Å². The Morgan fingerprint density at radius 1 is 1.06 bits per heavy atom. The number of methoxy groups -OCH3 is 1. The predicted molar refractivity (Wildman–Crippen MR) is 182 cm³/mol. The van der Waals surface area contributed by atoms with Gasteiger partial charge in [0.1, 0.15) is 6.04 Å². The number of sulfonamides is 1. The van der Waals surface area contributed by atoms with Crippen LogP contribution < -0.4 is 24.8 Å². The Bertz CT molecular complexity index is 2080. The molecule has 2 aliphatic heterocycles. The highest BCUT2D eigenvalue weighted by atomic mass is 32.2. The molecule has 17 heteroatoms. The number of H-pyrrole nitrogens is 1. The van der Waals surface area contributed by atoms with E-state index in [9.17, 15) is 37.5 Å². The number of thioether (sulfide) groups is 1. The fourth-order valence-corrected chi connectivity index (χ4v) is 11.9. The predicted octanol–water partition coefficient (Wildman–Crippen LogP) is 2.69. The molecule has 2 saturated carbocycles. The molecule has 14 nitrogen and oxygen atoms in total. The van der Waals surface area contributed by atoms with Crippen molar-refractivity contribution in [3.63, 3.8) is 0 Å². The molecular formula is C33H34N4O10S3. The molecule has 7 rings (SSSR count). The number of carboxylic acids is 1. The zero-order valence-corrected chi connectivity index (χ0v) is 29.5. The zero-order valence-electron chi connectivity index (χ0n) is 27.0. The number of carboxylic acid groups (broad SMARTS) is 1. The molecule has 3 amide bonds. The molecule has 2 aromatic carbocycles. The lowest BCUT2D eigenvalue weighted by Gasteiger charge is -2.43. The number of nitrogens with two attached hydrogens (primary N) is 1. The number of hydrogen-bond donors (Lipinski definition) is 4. The maximum absolute atomic E-state index is 13.9. The number of aromatic amines is 1. The first kappa shape index (κ1) is 34.3. The summed E-state index contributed by atoms with van der Waals surface area (Å²) in [6.45, 7) is 2.99. The summed E-state index contributed by atoms with van der Waals surface area (Å²) in [5.41, 5.74) is 1.16. The summed E-state index contributed by atoms with van der Waals surface area (Å²) in [5.74, 6) is -4.42. The SMILES string of the molecule is COc1cc([C@H]2c3sc(=O)[nH]c3SC3C4CC(C5C(=O)N(C(C(=O)O)C(C)C)C(=O)C45)C32)ccc1OCC(=O)Nc1ccc(S(N)(=O)=O)cc1. The van der Waals surface area contributed by atoms with E-state index in [1.807, 2.05) is 6.07 Å². The standard InChI is InChI=1S/C33H34N4O10S3/c1-13(2)26(32(41)42)37-30(39)24-17-11-18(25(24)31(37)40)27-23(17)22(28-29(48-27)36-33(43)49-28)14-4-9-19(20(10-14)46-3)47-12-21(38)35-15-5-7-16(8-6-15)50(34,44)45/h4-10,13,17-18,22-27H,11-12H2,1-3H3,(H,35,38)(H,36,43)(H,41,42)(H2,34,44,45)/t17?,18?,22-,23?,24?,25?,26?,27?/m1/s1. The number of rotatable bonds is 10. The van der Waals surface area contributed by atoms with Crippen LogP contribution in [-0.4, -0.2) is 72.1 Å². The van der Waals surface area contributed by atoms with Crippen molar-refractivity contribution in [2.24, 2.45) is 40.6 Å². The van der Waals surface area contributed by atoms with Crippen molar-refractivity contribution in [2.75, 3.05) is 19.0 Å². The number of nitrogens with zero attached hydrogens (tertiary/aromatic N) is 1. The van der Waals surface area contributed by atoms with Gasteiger partial charge in [0.2, 0.25) is 21.8 Å². The number of thiazole rings is 1. The normalized spacial score (nSPS) is 27.1. The summed E-state index contributed by atoms with van der Waals surface area (Å²) in [6.07, 6.45) is 0.649. The number of aromatic nitrogens is 1. The monoisotopic (exact) mass is 742 g/mol. The molecule has 5 N–H and O–H groups in total. The number of hydrogen-bond acceptors (Lipinski definition) is 11. The van der Waals surface area contributed by atoms with Gasteiger partial charge in [-0.2, -0.15) is 0 Å². The van der Waals surface area contributed by atoms with E-state index >= 15 is 0 Å². The summed E-state index contributed by atoms with van der Waals surface area (Å²) < 4.78 is 34.5. The first-order chi connectivity index (χ1) is 23.7. The first-order valence-electron chi connectivity index (χ1n) is 15.9. The zero-order chi connectivity index (χ0) is 35.8. The van der Waals surface area contributed by atoms with Crippen molar-refractivity contribution in [3.05, 3.63) is 62.6 Å². The number of ether oxygens (including phenoxy) is 2. The van der Waals surface area contributed by atoms with E-state index in [1.54, 1.807) is 26.0 Å². The van der Waals surface area contributed by atoms with Crippen LogP contribution in [0.2, 0.25) is 0 Å². The van der Waals surface area contributed by atoms with E-state index in [0.29, 0.717) is 17.9 Å². The number of fused-ring (bicyclic) bond motifs is 9. The molecule has 264 valence electrons. The Balaban J connectivity index is 1.15. The second-order valence-corrected chi connectivity index (χ2v) is 17.1. The molecule has 2 aliphatic carbocycles. The molecule has 3 aromatic rings. The number of likely N-dealkylation sites (tertiary alicyclic amines) is 1. The van der Waals surface area contributed by atoms with Gasteiger partial charge in [-0.15, -0.1) is 11.8 Å². The summed E-state index contributed by atoms with van der Waals surface area (Å²) in [5, 5.41) is 18.3. The van der Waals surface area contributed by atoms with E-state index in [4.69, 9.17) is 14.6 Å². The van der Waals surface area contributed by atoms with Gasteiger partial charge in [0.05, 0.1) is 28.9 Å². The minimum Gasteiger partial charge on any atom is -0.493 e. The Morgan fingerprint density at radius 2 is 1.74 bits per heavy atom. The number of aliphatic carboxylic acids is 1. The van der Waals surface area contributed by atoms with Crippen molar-refractivity contribution in [3.8, 4) is 11.5 Å². The van der Waals surface area contributed by atoms with Gasteiger partial charge >= 0.3 is 10.8 Å². The lowest BCUT2D eigenvalue weighted by molar-refractivity contribution is -0.157. The second kappa shape index (κ2) is 12.5. The van der Waals surface area contributed by atoms with Gasteiger partial charge in [-0.05, 0) is 72.1 Å². The Kier molecular flexibility index (Phi) is 8.60. The van der Waals surface area contributed by atoms with Gasteiger partial charge in [0, 0.05) is 21.7 Å². The molecule has 7 unspecified atom stereocenters. The topological polar surface area (TPSA) is 215 Å². The number of carbonyl (C=O) groups is 4. The third-order valence-electron chi connectivity index (χ3n) is 10.3. The number of imide groups is 1. The maximum Gasteiger partial charge on any atom is 0.327 e. The molecule has 0 spiro atoms. The Hall–Kier alpha value is -4.19. The van der Waals surface area contributed by atoms with E-state index in [0.717, 1.165) is 31.7 Å². The van der Waals surface area contributed by atoms with Gasteiger partial charge in [0.25, 0.3) is 5.91 Å². The molecule has 8 atom stereocenters. The van der Waals surface area contributed by atoms with Crippen LogP contribution in [0.4, 0.5) is 5.69 Å². The average Bonchev–Trinajstić information content (AvgIpc) is 3.79. The lowest BCUT2D eigenvalue weighted by Crippen LogP contribution is -2.49. The highest BCUT2D eigenvalue weighted by Gasteiger charge is 2.70. The Labute approximate surface area is 294 Å². The molecule has 3 fully saturated rings. The van der Waals surface area contributed by atoms with Crippen molar-refractivity contribution in [1.82, 2.24) is 9.88 Å². The van der Waals surface area contributed by atoms with Crippen LogP contribution in [0.3, 0.4) is 0 Å². The summed E-state index contributed by atoms with van der Waals surface area (Å²) in [7, 11) is -2.41. The minimum atomic E-state index is -3.88. The van der Waals surface area contributed by atoms with Gasteiger partial charge in [0.15, 0.2) is 18.1 Å². The maximum atomic E-state index is 13.9. The molecular weight excluding hydrogens is 709 g/mol. The van der Waals surface area contributed by atoms with E-state index in [2.05, 4.69) is 10.3 Å². The van der Waals surface area contributed by atoms with Crippen LogP contribution in [0.1, 0.15) is 36.6 Å². The van der Waals surface area contributed by atoms with Crippen molar-refractivity contribution in [2.45, 2.75) is 47.4 Å². The third-order valence-corrected chi connectivity index (χ3v) is 13.8. The molecule has 3 heterocycles. The molecule has 2 bridgehead atoms. The highest BCUT2D eigenvalue weighted by Crippen LogP contribution is 2.68. The number of benzene rings is 2. The van der Waals surface area contributed by atoms with Gasteiger partial charge in [-0.3, -0.25) is 24.1 Å². The summed E-state index contributed by atoms with van der Waals surface area (Å²) in [6, 6.07) is 9.44. The number of nitrogens with one attached hydrogen (secondary N) is 2. The van der Waals surface area contributed by atoms with Crippen LogP contribution in [0.15, 0.2) is 57.2 Å². The number of anilines is 1. The van der Waals surface area contributed by atoms with Crippen LogP contribution in [0.5, 0.6) is 11.5 Å². The van der Waals surface area contributed by atoms with Crippen LogP contribution >= 0.6 is 23.1 Å². The fraction of sp³-hybridized carbons (Fsp3) is 0.424. The smallest absolute Gasteiger partial charge is 0.327 e. The van der Waals surface area contributed by atoms with Crippen molar-refractivity contribution in [1.29, 1.82) is 0 Å². The molecule has 0 radical (unpaired) electrons. The fourth-order valence-electron chi connectivity index (χ4n) is 8.45. The van der Waals surface area contributed by atoms with Crippen molar-refractivity contribution < 1.29 is 42.2 Å². The quantitative estimate of drug-likeness (QED) is 0.222. The van der Waals surface area contributed by atoms with Crippen LogP contribution in [0.25, 0.3) is 0 Å². The molecule has 4 aliphatic rings. The molecule has 50 heavy (non-hydrogen) atoms. The summed E-state index contributed by atoms with van der Waals surface area (Å²) >= 11 is 2.64. The number of amides is 3. The third kappa shape index (κ3) is 5.59. The van der Waals surface area contributed by atoms with E-state index in [1.165, 1.54) is 43.1 Å². The van der Waals surface area contributed by atoms with Crippen molar-refractivity contribution >= 4 is 62.5 Å². The first-order valence-corrected chi connectivity index (χ1v) is 19.2. The second-order valence-electron chi connectivity index (χ2n) is 13.4. The molecule has 1 aromatic heterocycles. The highest BCUT2D eigenvalue weighted by molar-refractivity contribution is 8.00. The summed E-state index contributed by atoms with van der Waals surface area (Å²) in [4.78, 5) is 69.7. The molecule has 1 saturated heterocycles. The average molecular weight is 743 g/mol. The van der Waals surface area contributed by atoms with Gasteiger partial charge in [-0.25, -0.2) is 18.4 Å².